The minimum absolute atomic E-state index is 0.145. The van der Waals surface area contributed by atoms with Crippen LogP contribution in [-0.4, -0.2) is 11.2 Å². The van der Waals surface area contributed by atoms with Gasteiger partial charge in [0.05, 0.1) is 6.10 Å². The number of aromatic hydroxyl groups is 1. The number of aryl methyl sites for hydroxylation is 1. The van der Waals surface area contributed by atoms with E-state index in [9.17, 15) is 5.11 Å². The summed E-state index contributed by atoms with van der Waals surface area (Å²) in [6.45, 7) is 6.00. The maximum absolute atomic E-state index is 9.92. The first kappa shape index (κ1) is 12.5. The van der Waals surface area contributed by atoms with E-state index in [1.165, 1.54) is 0 Å². The number of phenols is 1. The molecule has 2 aromatic rings. The molecule has 94 valence electrons. The molecule has 0 spiro atoms. The molecule has 0 aromatic heterocycles. The van der Waals surface area contributed by atoms with E-state index in [0.717, 1.165) is 22.4 Å². The molecule has 18 heavy (non-hydrogen) atoms. The smallest absolute Gasteiger partial charge is 0.123 e. The van der Waals surface area contributed by atoms with E-state index in [1.807, 2.05) is 57.2 Å². The van der Waals surface area contributed by atoms with Gasteiger partial charge in [-0.15, -0.1) is 0 Å². The molecule has 0 fully saturated rings. The summed E-state index contributed by atoms with van der Waals surface area (Å²) in [5.41, 5.74) is 2.93. The van der Waals surface area contributed by atoms with Crippen LogP contribution >= 0.6 is 0 Å². The summed E-state index contributed by atoms with van der Waals surface area (Å²) in [7, 11) is 0. The topological polar surface area (TPSA) is 29.5 Å². The second-order valence-electron chi connectivity index (χ2n) is 4.72. The van der Waals surface area contributed by atoms with Crippen molar-refractivity contribution in [2.75, 3.05) is 0 Å². The molecule has 0 amide bonds. The van der Waals surface area contributed by atoms with Crippen LogP contribution in [0, 0.1) is 6.92 Å². The molecule has 0 bridgehead atoms. The maximum Gasteiger partial charge on any atom is 0.123 e. The minimum atomic E-state index is 0.145. The van der Waals surface area contributed by atoms with Crippen LogP contribution in [-0.2, 0) is 0 Å². The van der Waals surface area contributed by atoms with E-state index < -0.39 is 0 Å². The summed E-state index contributed by atoms with van der Waals surface area (Å²) < 4.78 is 5.66. The van der Waals surface area contributed by atoms with E-state index in [0.29, 0.717) is 5.75 Å². The highest BCUT2D eigenvalue weighted by Crippen LogP contribution is 2.32. The average molecular weight is 242 g/mol. The molecule has 2 heteroatoms. The van der Waals surface area contributed by atoms with Crippen molar-refractivity contribution in [2.45, 2.75) is 26.9 Å². The molecule has 0 aliphatic heterocycles. The van der Waals surface area contributed by atoms with Crippen LogP contribution in [0.2, 0.25) is 0 Å². The predicted molar refractivity (Wildman–Crippen MR) is 74.0 cm³/mol. The van der Waals surface area contributed by atoms with Gasteiger partial charge in [0.15, 0.2) is 0 Å². The minimum Gasteiger partial charge on any atom is -0.507 e. The van der Waals surface area contributed by atoms with Gasteiger partial charge in [0.25, 0.3) is 0 Å². The summed E-state index contributed by atoms with van der Waals surface area (Å²) in [5, 5.41) is 9.92. The van der Waals surface area contributed by atoms with Crippen molar-refractivity contribution < 1.29 is 9.84 Å². The van der Waals surface area contributed by atoms with Crippen LogP contribution in [0.5, 0.6) is 11.5 Å². The lowest BCUT2D eigenvalue weighted by molar-refractivity contribution is 0.242. The van der Waals surface area contributed by atoms with Crippen LogP contribution in [0.15, 0.2) is 42.5 Å². The largest absolute Gasteiger partial charge is 0.507 e. The van der Waals surface area contributed by atoms with Crippen molar-refractivity contribution in [3.05, 3.63) is 48.0 Å². The molecule has 0 heterocycles. The van der Waals surface area contributed by atoms with Gasteiger partial charge in [0, 0.05) is 5.56 Å². The summed E-state index contributed by atoms with van der Waals surface area (Å²) >= 11 is 0. The molecule has 2 nitrogen and oxygen atoms in total. The van der Waals surface area contributed by atoms with Gasteiger partial charge in [-0.05, 0) is 50.6 Å². The quantitative estimate of drug-likeness (QED) is 0.876. The van der Waals surface area contributed by atoms with Gasteiger partial charge in [0.2, 0.25) is 0 Å². The standard InChI is InChI=1S/C16H18O2/c1-11(2)18-14-6-4-5-13(10-14)15-9-12(3)7-8-16(15)17/h4-11,17H,1-3H3. The monoisotopic (exact) mass is 242 g/mol. The lowest BCUT2D eigenvalue weighted by Crippen LogP contribution is -2.05. The van der Waals surface area contributed by atoms with E-state index in [1.54, 1.807) is 6.07 Å². The Balaban J connectivity index is 2.41. The molecule has 0 radical (unpaired) electrons. The molecule has 0 saturated carbocycles. The van der Waals surface area contributed by atoms with Crippen LogP contribution in [0.25, 0.3) is 11.1 Å². The first-order chi connectivity index (χ1) is 8.56. The van der Waals surface area contributed by atoms with Crippen LogP contribution in [0.3, 0.4) is 0 Å². The summed E-state index contributed by atoms with van der Waals surface area (Å²) in [6.07, 6.45) is 0.145. The van der Waals surface area contributed by atoms with Gasteiger partial charge in [-0.1, -0.05) is 23.8 Å². The van der Waals surface area contributed by atoms with Crippen LogP contribution in [0.1, 0.15) is 19.4 Å². The molecule has 0 aliphatic carbocycles. The normalized spacial score (nSPS) is 10.7. The number of benzene rings is 2. The highest BCUT2D eigenvalue weighted by atomic mass is 16.5. The van der Waals surface area contributed by atoms with Crippen molar-refractivity contribution in [3.63, 3.8) is 0 Å². The van der Waals surface area contributed by atoms with Crippen LogP contribution < -0.4 is 4.74 Å². The Labute approximate surface area is 108 Å². The Kier molecular flexibility index (Phi) is 3.56. The highest BCUT2D eigenvalue weighted by Gasteiger charge is 2.06. The molecule has 2 rings (SSSR count). The van der Waals surface area contributed by atoms with Gasteiger partial charge in [0.1, 0.15) is 11.5 Å². The predicted octanol–water partition coefficient (Wildman–Crippen LogP) is 4.15. The van der Waals surface area contributed by atoms with Gasteiger partial charge < -0.3 is 9.84 Å². The zero-order chi connectivity index (χ0) is 13.1. The first-order valence-corrected chi connectivity index (χ1v) is 6.13. The van der Waals surface area contributed by atoms with Gasteiger partial charge in [-0.3, -0.25) is 0 Å². The van der Waals surface area contributed by atoms with Crippen molar-refractivity contribution in [3.8, 4) is 22.6 Å². The zero-order valence-electron chi connectivity index (χ0n) is 11.0. The molecule has 0 unspecified atom stereocenters. The highest BCUT2D eigenvalue weighted by molar-refractivity contribution is 5.71. The van der Waals surface area contributed by atoms with E-state index >= 15 is 0 Å². The van der Waals surface area contributed by atoms with Crippen molar-refractivity contribution in [1.82, 2.24) is 0 Å². The Morgan fingerprint density at radius 3 is 2.56 bits per heavy atom. The van der Waals surface area contributed by atoms with Gasteiger partial charge in [-0.2, -0.15) is 0 Å². The average Bonchev–Trinajstić information content (AvgIpc) is 2.32. The number of rotatable bonds is 3. The summed E-state index contributed by atoms with van der Waals surface area (Å²) in [4.78, 5) is 0. The molecule has 0 aliphatic rings. The third-order valence-corrected chi connectivity index (χ3v) is 2.67. The lowest BCUT2D eigenvalue weighted by Gasteiger charge is -2.12. The van der Waals surface area contributed by atoms with Crippen LogP contribution in [0.4, 0.5) is 0 Å². The van der Waals surface area contributed by atoms with E-state index in [2.05, 4.69) is 0 Å². The molecular formula is C16H18O2. The fourth-order valence-electron chi connectivity index (χ4n) is 1.89. The third kappa shape index (κ3) is 2.83. The van der Waals surface area contributed by atoms with E-state index in [-0.39, 0.29) is 6.10 Å². The molecule has 0 saturated heterocycles. The van der Waals surface area contributed by atoms with Gasteiger partial charge in [-0.25, -0.2) is 0 Å². The summed E-state index contributed by atoms with van der Waals surface area (Å²) in [5.74, 6) is 1.12. The second kappa shape index (κ2) is 5.13. The fraction of sp³-hybridized carbons (Fsp3) is 0.250. The number of hydrogen-bond donors (Lipinski definition) is 1. The molecule has 2 aromatic carbocycles. The number of hydrogen-bond acceptors (Lipinski definition) is 2. The summed E-state index contributed by atoms with van der Waals surface area (Å²) in [6, 6.07) is 13.4. The Bertz CT molecular complexity index is 545. The fourth-order valence-corrected chi connectivity index (χ4v) is 1.89. The zero-order valence-corrected chi connectivity index (χ0v) is 11.0. The Morgan fingerprint density at radius 2 is 1.83 bits per heavy atom. The van der Waals surface area contributed by atoms with Crippen molar-refractivity contribution in [1.29, 1.82) is 0 Å². The number of phenolic OH excluding ortho intramolecular Hbond substituents is 1. The Morgan fingerprint density at radius 1 is 1.06 bits per heavy atom. The first-order valence-electron chi connectivity index (χ1n) is 6.13. The molecular weight excluding hydrogens is 224 g/mol. The Hall–Kier alpha value is -1.96. The van der Waals surface area contributed by atoms with E-state index in [4.69, 9.17) is 4.74 Å². The molecule has 0 atom stereocenters. The van der Waals surface area contributed by atoms with Crippen molar-refractivity contribution >= 4 is 0 Å². The second-order valence-corrected chi connectivity index (χ2v) is 4.72. The van der Waals surface area contributed by atoms with Gasteiger partial charge >= 0.3 is 0 Å². The lowest BCUT2D eigenvalue weighted by atomic mass is 10.0. The van der Waals surface area contributed by atoms with Crippen molar-refractivity contribution in [2.24, 2.45) is 0 Å². The maximum atomic E-state index is 9.92. The number of ether oxygens (including phenoxy) is 1. The molecule has 1 N–H and O–H groups in total. The third-order valence-electron chi connectivity index (χ3n) is 2.67. The SMILES string of the molecule is Cc1ccc(O)c(-c2cccc(OC(C)C)c2)c1.